The Hall–Kier alpha value is -1.32. The van der Waals surface area contributed by atoms with Gasteiger partial charge in [-0.1, -0.05) is 40.2 Å². The molecule has 21 heavy (non-hydrogen) atoms. The predicted molar refractivity (Wildman–Crippen MR) is 89.5 cm³/mol. The van der Waals surface area contributed by atoms with Crippen molar-refractivity contribution in [2.45, 2.75) is 38.8 Å². The second kappa shape index (κ2) is 6.20. The molecule has 0 fully saturated rings. The van der Waals surface area contributed by atoms with E-state index in [0.29, 0.717) is 6.61 Å². The van der Waals surface area contributed by atoms with Gasteiger partial charge in [0, 0.05) is 16.1 Å². The van der Waals surface area contributed by atoms with Gasteiger partial charge in [0.15, 0.2) is 0 Å². The fourth-order valence-electron chi connectivity index (χ4n) is 2.89. The molecule has 1 aliphatic carbocycles. The highest BCUT2D eigenvalue weighted by molar-refractivity contribution is 9.10. The minimum absolute atomic E-state index is 0.0341. The third kappa shape index (κ3) is 3.30. The van der Waals surface area contributed by atoms with Gasteiger partial charge in [-0.05, 0) is 55.0 Å². The van der Waals surface area contributed by atoms with Gasteiger partial charge in [-0.15, -0.1) is 0 Å². The highest BCUT2D eigenvalue weighted by atomic mass is 79.9. The van der Waals surface area contributed by atoms with Crippen LogP contribution in [-0.4, -0.2) is 0 Å². The van der Waals surface area contributed by atoms with Crippen LogP contribution in [-0.2, 0) is 19.4 Å². The Morgan fingerprint density at radius 2 is 1.95 bits per heavy atom. The summed E-state index contributed by atoms with van der Waals surface area (Å²) in [4.78, 5) is 0. The Kier molecular flexibility index (Phi) is 4.32. The largest absolute Gasteiger partial charge is 0.489 e. The molecule has 1 aliphatic rings. The first-order valence-corrected chi connectivity index (χ1v) is 8.21. The van der Waals surface area contributed by atoms with Crippen molar-refractivity contribution in [2.75, 3.05) is 0 Å². The van der Waals surface area contributed by atoms with Crippen LogP contribution in [0.1, 0.15) is 41.6 Å². The molecule has 1 unspecified atom stereocenters. The lowest BCUT2D eigenvalue weighted by molar-refractivity contribution is 0.301. The number of hydrogen-bond acceptors (Lipinski definition) is 2. The van der Waals surface area contributed by atoms with Gasteiger partial charge in [0.25, 0.3) is 0 Å². The zero-order chi connectivity index (χ0) is 14.8. The molecular formula is C18H20BrNO. The molecule has 0 spiro atoms. The maximum absolute atomic E-state index is 6.02. The molecule has 2 aromatic carbocycles. The van der Waals surface area contributed by atoms with E-state index in [4.69, 9.17) is 10.5 Å². The smallest absolute Gasteiger partial charge is 0.125 e. The first kappa shape index (κ1) is 14.6. The first-order chi connectivity index (χ1) is 10.1. The van der Waals surface area contributed by atoms with Crippen LogP contribution in [0.3, 0.4) is 0 Å². The summed E-state index contributed by atoms with van der Waals surface area (Å²) in [5.41, 5.74) is 11.3. The van der Waals surface area contributed by atoms with Crippen molar-refractivity contribution in [3.05, 3.63) is 63.1 Å². The molecule has 0 heterocycles. The van der Waals surface area contributed by atoms with Gasteiger partial charge in [0.05, 0.1) is 0 Å². The summed E-state index contributed by atoms with van der Waals surface area (Å²) in [5, 5.41) is 0. The van der Waals surface area contributed by atoms with Crippen LogP contribution in [0.4, 0.5) is 0 Å². The fourth-order valence-corrected chi connectivity index (χ4v) is 3.23. The van der Waals surface area contributed by atoms with E-state index in [0.717, 1.165) is 15.8 Å². The van der Waals surface area contributed by atoms with Crippen LogP contribution in [0.25, 0.3) is 0 Å². The van der Waals surface area contributed by atoms with Crippen LogP contribution in [0, 0.1) is 0 Å². The number of ether oxygens (including phenoxy) is 1. The predicted octanol–water partition coefficient (Wildman–Crippen LogP) is 4.54. The maximum atomic E-state index is 6.02. The second-order valence-electron chi connectivity index (χ2n) is 5.72. The van der Waals surface area contributed by atoms with E-state index in [2.05, 4.69) is 34.1 Å². The molecule has 0 aliphatic heterocycles. The number of nitrogens with two attached hydrogens (primary N) is 1. The molecule has 3 rings (SSSR count). The van der Waals surface area contributed by atoms with E-state index >= 15 is 0 Å². The summed E-state index contributed by atoms with van der Waals surface area (Å²) in [6.07, 6.45) is 3.70. The van der Waals surface area contributed by atoms with Gasteiger partial charge in [0.2, 0.25) is 0 Å². The van der Waals surface area contributed by atoms with Crippen molar-refractivity contribution in [2.24, 2.45) is 5.73 Å². The van der Waals surface area contributed by atoms with Crippen molar-refractivity contribution in [3.63, 3.8) is 0 Å². The Balaban J connectivity index is 1.77. The lowest BCUT2D eigenvalue weighted by Gasteiger charge is -2.15. The standard InChI is InChI=1S/C18H20BrNO/c1-12(20)17-8-7-16(19)10-18(17)21-11-13-5-6-14-3-2-4-15(14)9-13/h5-10,12H,2-4,11,20H2,1H3. The summed E-state index contributed by atoms with van der Waals surface area (Å²) >= 11 is 3.49. The number of halogens is 1. The summed E-state index contributed by atoms with van der Waals surface area (Å²) in [6.45, 7) is 2.56. The molecule has 2 N–H and O–H groups in total. The molecule has 3 heteroatoms. The second-order valence-corrected chi connectivity index (χ2v) is 6.63. The zero-order valence-corrected chi connectivity index (χ0v) is 13.8. The molecule has 1 atom stereocenters. The Morgan fingerprint density at radius 1 is 1.14 bits per heavy atom. The van der Waals surface area contributed by atoms with Gasteiger partial charge in [-0.3, -0.25) is 0 Å². The van der Waals surface area contributed by atoms with Gasteiger partial charge in [-0.2, -0.15) is 0 Å². The molecule has 0 saturated carbocycles. The van der Waals surface area contributed by atoms with Crippen LogP contribution < -0.4 is 10.5 Å². The van der Waals surface area contributed by atoms with Crippen molar-refractivity contribution in [3.8, 4) is 5.75 Å². The van der Waals surface area contributed by atoms with Gasteiger partial charge >= 0.3 is 0 Å². The molecule has 2 nitrogen and oxygen atoms in total. The number of hydrogen-bond donors (Lipinski definition) is 1. The van der Waals surface area contributed by atoms with E-state index < -0.39 is 0 Å². The van der Waals surface area contributed by atoms with Gasteiger partial charge in [0.1, 0.15) is 12.4 Å². The number of rotatable bonds is 4. The summed E-state index contributed by atoms with van der Waals surface area (Å²) in [5.74, 6) is 0.861. The summed E-state index contributed by atoms with van der Waals surface area (Å²) in [6, 6.07) is 12.7. The van der Waals surface area contributed by atoms with Gasteiger partial charge < -0.3 is 10.5 Å². The molecule has 2 aromatic rings. The average Bonchev–Trinajstić information content (AvgIpc) is 2.92. The third-order valence-electron chi connectivity index (χ3n) is 4.02. The summed E-state index contributed by atoms with van der Waals surface area (Å²) in [7, 11) is 0. The SMILES string of the molecule is CC(N)c1ccc(Br)cc1OCc1ccc2c(c1)CCC2. The molecule has 0 saturated heterocycles. The number of benzene rings is 2. The quantitative estimate of drug-likeness (QED) is 0.882. The molecule has 0 aromatic heterocycles. The van der Waals surface area contributed by atoms with E-state index in [1.54, 1.807) is 0 Å². The minimum atomic E-state index is -0.0341. The minimum Gasteiger partial charge on any atom is -0.489 e. The Bertz CT molecular complexity index is 652. The average molecular weight is 346 g/mol. The number of aryl methyl sites for hydroxylation is 2. The molecular weight excluding hydrogens is 326 g/mol. The lowest BCUT2D eigenvalue weighted by atomic mass is 10.1. The van der Waals surface area contributed by atoms with Crippen LogP contribution >= 0.6 is 15.9 Å². The molecule has 0 bridgehead atoms. The normalized spacial score (nSPS) is 14.8. The van der Waals surface area contributed by atoms with Crippen molar-refractivity contribution < 1.29 is 4.74 Å². The first-order valence-electron chi connectivity index (χ1n) is 7.42. The molecule has 0 amide bonds. The Labute approximate surface area is 134 Å². The van der Waals surface area contributed by atoms with Crippen molar-refractivity contribution in [1.82, 2.24) is 0 Å². The zero-order valence-electron chi connectivity index (χ0n) is 12.2. The summed E-state index contributed by atoms with van der Waals surface area (Å²) < 4.78 is 7.03. The molecule has 110 valence electrons. The number of fused-ring (bicyclic) bond motifs is 1. The van der Waals surface area contributed by atoms with Gasteiger partial charge in [-0.25, -0.2) is 0 Å². The highest BCUT2D eigenvalue weighted by Gasteiger charge is 2.12. The van der Waals surface area contributed by atoms with E-state index in [9.17, 15) is 0 Å². The van der Waals surface area contributed by atoms with E-state index in [1.165, 1.54) is 36.0 Å². The van der Waals surface area contributed by atoms with Crippen LogP contribution in [0.5, 0.6) is 5.75 Å². The topological polar surface area (TPSA) is 35.2 Å². The fraction of sp³-hybridized carbons (Fsp3) is 0.333. The molecule has 0 radical (unpaired) electrons. The van der Waals surface area contributed by atoms with E-state index in [1.807, 2.05) is 25.1 Å². The Morgan fingerprint density at radius 3 is 2.76 bits per heavy atom. The highest BCUT2D eigenvalue weighted by Crippen LogP contribution is 2.29. The van der Waals surface area contributed by atoms with Crippen LogP contribution in [0.15, 0.2) is 40.9 Å². The van der Waals surface area contributed by atoms with Crippen LogP contribution in [0.2, 0.25) is 0 Å². The third-order valence-corrected chi connectivity index (χ3v) is 4.52. The lowest BCUT2D eigenvalue weighted by Crippen LogP contribution is -2.08. The van der Waals surface area contributed by atoms with Crippen molar-refractivity contribution >= 4 is 15.9 Å². The van der Waals surface area contributed by atoms with Crippen molar-refractivity contribution in [1.29, 1.82) is 0 Å². The maximum Gasteiger partial charge on any atom is 0.125 e. The monoisotopic (exact) mass is 345 g/mol. The van der Waals surface area contributed by atoms with E-state index in [-0.39, 0.29) is 6.04 Å².